The molecule has 1 saturated carbocycles. The lowest BCUT2D eigenvalue weighted by molar-refractivity contribution is -0.133. The molecule has 160 valence electrons. The maximum Gasteiger partial charge on any atom is 0.224 e. The van der Waals surface area contributed by atoms with Crippen LogP contribution in [0.15, 0.2) is 24.5 Å². The van der Waals surface area contributed by atoms with Crippen molar-refractivity contribution in [2.75, 3.05) is 13.2 Å². The van der Waals surface area contributed by atoms with Crippen molar-refractivity contribution in [3.8, 4) is 0 Å². The molecule has 1 aliphatic carbocycles. The molecule has 29 heavy (non-hydrogen) atoms. The summed E-state index contributed by atoms with van der Waals surface area (Å²) in [5.74, 6) is 0.193. The Balaban J connectivity index is 1.37. The number of carbonyl (C=O) groups is 2. The van der Waals surface area contributed by atoms with Gasteiger partial charge in [0, 0.05) is 24.9 Å². The zero-order chi connectivity index (χ0) is 20.5. The predicted octanol–water partition coefficient (Wildman–Crippen LogP) is 1.74. The number of nitrogens with zero attached hydrogens (tertiary/aromatic N) is 1. The Morgan fingerprint density at radius 1 is 1.10 bits per heavy atom. The van der Waals surface area contributed by atoms with Gasteiger partial charge in [-0.25, -0.2) is 0 Å². The van der Waals surface area contributed by atoms with Gasteiger partial charge in [-0.2, -0.15) is 0 Å². The number of carbonyl (C=O) groups excluding carboxylic acids is 2. The van der Waals surface area contributed by atoms with Gasteiger partial charge in [0.25, 0.3) is 0 Å². The molecule has 1 aromatic heterocycles. The van der Waals surface area contributed by atoms with Crippen molar-refractivity contribution in [3.05, 3.63) is 30.1 Å². The van der Waals surface area contributed by atoms with Crippen molar-refractivity contribution in [3.63, 3.8) is 0 Å². The van der Waals surface area contributed by atoms with Crippen LogP contribution in [0.25, 0.3) is 0 Å². The first-order valence-electron chi connectivity index (χ1n) is 10.9. The second-order valence-electron chi connectivity index (χ2n) is 8.18. The van der Waals surface area contributed by atoms with Crippen LogP contribution in [0, 0.1) is 5.92 Å². The lowest BCUT2D eigenvalue weighted by Crippen LogP contribution is -2.52. The van der Waals surface area contributed by atoms with Gasteiger partial charge in [-0.1, -0.05) is 19.3 Å². The summed E-state index contributed by atoms with van der Waals surface area (Å²) < 4.78 is 6.01. The van der Waals surface area contributed by atoms with Crippen LogP contribution < -0.4 is 10.6 Å². The van der Waals surface area contributed by atoms with Crippen molar-refractivity contribution in [2.24, 2.45) is 5.92 Å². The fraction of sp³-hybridized carbons (Fsp3) is 0.682. The second kappa shape index (κ2) is 11.3. The first-order chi connectivity index (χ1) is 14.2. The molecule has 0 aromatic carbocycles. The number of hydrogen-bond acceptors (Lipinski definition) is 5. The molecule has 0 bridgehead atoms. The fourth-order valence-electron chi connectivity index (χ4n) is 4.30. The summed E-state index contributed by atoms with van der Waals surface area (Å²) in [7, 11) is 0. The van der Waals surface area contributed by atoms with Gasteiger partial charge in [0.15, 0.2) is 0 Å². The van der Waals surface area contributed by atoms with Crippen molar-refractivity contribution in [2.45, 2.75) is 76.0 Å². The number of hydrogen-bond donors (Lipinski definition) is 3. The third-order valence-corrected chi connectivity index (χ3v) is 6.00. The van der Waals surface area contributed by atoms with E-state index in [1.807, 2.05) is 12.1 Å². The lowest BCUT2D eigenvalue weighted by atomic mass is 9.88. The SMILES string of the molecule is O=C(Cc1ccncc1)NCC[C@@H]1CC[C@H](NC(=O)C2CCCCC2)[C@H](CO)O1. The number of aromatic nitrogens is 1. The van der Waals surface area contributed by atoms with Crippen LogP contribution >= 0.6 is 0 Å². The smallest absolute Gasteiger partial charge is 0.224 e. The number of amides is 2. The normalized spacial score (nSPS) is 25.3. The van der Waals surface area contributed by atoms with E-state index in [0.29, 0.717) is 19.4 Å². The zero-order valence-electron chi connectivity index (χ0n) is 17.0. The molecular formula is C22H33N3O4. The lowest BCUT2D eigenvalue weighted by Gasteiger charge is -2.37. The van der Waals surface area contributed by atoms with Crippen LogP contribution in [0.4, 0.5) is 0 Å². The molecule has 2 aliphatic rings. The molecule has 0 spiro atoms. The zero-order valence-corrected chi connectivity index (χ0v) is 17.0. The van der Waals surface area contributed by atoms with E-state index in [0.717, 1.165) is 44.1 Å². The Bertz CT molecular complexity index is 649. The summed E-state index contributed by atoms with van der Waals surface area (Å²) in [6.07, 6.45) is 11.0. The highest BCUT2D eigenvalue weighted by atomic mass is 16.5. The topological polar surface area (TPSA) is 101 Å². The van der Waals surface area contributed by atoms with E-state index in [4.69, 9.17) is 4.74 Å². The predicted molar refractivity (Wildman–Crippen MR) is 109 cm³/mol. The van der Waals surface area contributed by atoms with E-state index in [9.17, 15) is 14.7 Å². The van der Waals surface area contributed by atoms with Gasteiger partial charge in [-0.15, -0.1) is 0 Å². The number of nitrogens with one attached hydrogen (secondary N) is 2. The van der Waals surface area contributed by atoms with Crippen LogP contribution in [0.2, 0.25) is 0 Å². The summed E-state index contributed by atoms with van der Waals surface area (Å²) in [6, 6.07) is 3.53. The van der Waals surface area contributed by atoms with E-state index in [1.165, 1.54) is 6.42 Å². The third kappa shape index (κ3) is 6.78. The summed E-state index contributed by atoms with van der Waals surface area (Å²) in [5.41, 5.74) is 0.934. The fourth-order valence-corrected chi connectivity index (χ4v) is 4.30. The molecule has 3 N–H and O–H groups in total. The molecule has 1 saturated heterocycles. The highest BCUT2D eigenvalue weighted by Gasteiger charge is 2.33. The number of ether oxygens (including phenoxy) is 1. The molecule has 7 heteroatoms. The van der Waals surface area contributed by atoms with Gasteiger partial charge in [-0.3, -0.25) is 14.6 Å². The molecule has 0 radical (unpaired) electrons. The molecule has 2 fully saturated rings. The van der Waals surface area contributed by atoms with E-state index < -0.39 is 0 Å². The first kappa shape index (κ1) is 21.7. The van der Waals surface area contributed by atoms with Crippen molar-refractivity contribution >= 4 is 11.8 Å². The first-order valence-corrected chi connectivity index (χ1v) is 10.9. The molecule has 7 nitrogen and oxygen atoms in total. The summed E-state index contributed by atoms with van der Waals surface area (Å²) in [5, 5.41) is 15.8. The third-order valence-electron chi connectivity index (χ3n) is 6.00. The monoisotopic (exact) mass is 403 g/mol. The minimum absolute atomic E-state index is 0.0174. The Morgan fingerprint density at radius 3 is 2.59 bits per heavy atom. The van der Waals surface area contributed by atoms with E-state index in [-0.39, 0.29) is 42.6 Å². The molecule has 2 heterocycles. The van der Waals surface area contributed by atoms with Gasteiger partial charge in [0.1, 0.15) is 6.10 Å². The standard InChI is InChI=1S/C22H33N3O4/c26-15-20-19(25-22(28)17-4-2-1-3-5-17)7-6-18(29-20)10-13-24-21(27)14-16-8-11-23-12-9-16/h8-9,11-12,17-20,26H,1-7,10,13-15H2,(H,24,27)(H,25,28)/t18-,19-,20-/m0/s1. The van der Waals surface area contributed by atoms with Gasteiger partial charge in [-0.05, 0) is 49.8 Å². The minimum atomic E-state index is -0.381. The largest absolute Gasteiger partial charge is 0.394 e. The molecule has 2 amide bonds. The van der Waals surface area contributed by atoms with Gasteiger partial charge >= 0.3 is 0 Å². The summed E-state index contributed by atoms with van der Waals surface area (Å²) in [4.78, 5) is 28.5. The van der Waals surface area contributed by atoms with E-state index in [2.05, 4.69) is 15.6 Å². The van der Waals surface area contributed by atoms with Crippen LogP contribution in [-0.4, -0.2) is 53.3 Å². The summed E-state index contributed by atoms with van der Waals surface area (Å²) in [6.45, 7) is 0.423. The van der Waals surface area contributed by atoms with E-state index in [1.54, 1.807) is 12.4 Å². The maximum atomic E-state index is 12.5. The Hall–Kier alpha value is -1.99. The van der Waals surface area contributed by atoms with Crippen molar-refractivity contribution in [1.82, 2.24) is 15.6 Å². The number of rotatable bonds is 8. The summed E-state index contributed by atoms with van der Waals surface area (Å²) >= 11 is 0. The van der Waals surface area contributed by atoms with Gasteiger partial charge in [0.05, 0.1) is 25.2 Å². The average Bonchev–Trinajstić information content (AvgIpc) is 2.76. The van der Waals surface area contributed by atoms with Crippen molar-refractivity contribution in [1.29, 1.82) is 0 Å². The number of pyridine rings is 1. The van der Waals surface area contributed by atoms with Crippen molar-refractivity contribution < 1.29 is 19.4 Å². The number of aliphatic hydroxyl groups is 1. The maximum absolute atomic E-state index is 12.5. The highest BCUT2D eigenvalue weighted by Crippen LogP contribution is 2.26. The average molecular weight is 404 g/mol. The quantitative estimate of drug-likeness (QED) is 0.614. The van der Waals surface area contributed by atoms with Crippen LogP contribution in [0.1, 0.15) is 56.9 Å². The van der Waals surface area contributed by atoms with Crippen LogP contribution in [0.3, 0.4) is 0 Å². The Labute approximate surface area is 172 Å². The van der Waals surface area contributed by atoms with Crippen LogP contribution in [0.5, 0.6) is 0 Å². The second-order valence-corrected chi connectivity index (χ2v) is 8.18. The van der Waals surface area contributed by atoms with Crippen LogP contribution in [-0.2, 0) is 20.7 Å². The Kier molecular flexibility index (Phi) is 8.43. The molecule has 3 rings (SSSR count). The molecule has 1 aromatic rings. The molecule has 1 aliphatic heterocycles. The highest BCUT2D eigenvalue weighted by molar-refractivity contribution is 5.79. The number of aliphatic hydroxyl groups excluding tert-OH is 1. The molecule has 3 atom stereocenters. The van der Waals surface area contributed by atoms with Gasteiger partial charge in [0.2, 0.25) is 11.8 Å². The van der Waals surface area contributed by atoms with E-state index >= 15 is 0 Å². The molecule has 0 unspecified atom stereocenters. The Morgan fingerprint density at radius 2 is 1.86 bits per heavy atom. The van der Waals surface area contributed by atoms with Gasteiger partial charge < -0.3 is 20.5 Å². The minimum Gasteiger partial charge on any atom is -0.394 e. The molecular weight excluding hydrogens is 370 g/mol.